The van der Waals surface area contributed by atoms with Crippen LogP contribution in [0.25, 0.3) is 0 Å². The first kappa shape index (κ1) is 17.0. The molecule has 0 aliphatic carbocycles. The fraction of sp³-hybridized carbons (Fsp3) is 0.429. The summed E-state index contributed by atoms with van der Waals surface area (Å²) >= 11 is 0. The summed E-state index contributed by atoms with van der Waals surface area (Å²) in [5.74, 6) is 1.03. The molecule has 26 heavy (non-hydrogen) atoms. The van der Waals surface area contributed by atoms with Crippen molar-refractivity contribution in [3.63, 3.8) is 0 Å². The van der Waals surface area contributed by atoms with Crippen LogP contribution in [0.4, 0.5) is 0 Å². The summed E-state index contributed by atoms with van der Waals surface area (Å²) in [6, 6.07) is 12.2. The van der Waals surface area contributed by atoms with Crippen molar-refractivity contribution < 1.29 is 9.53 Å². The van der Waals surface area contributed by atoms with Crippen LogP contribution in [0, 0.1) is 0 Å². The summed E-state index contributed by atoms with van der Waals surface area (Å²) in [5, 5.41) is 0. The topological polar surface area (TPSA) is 45.7 Å². The number of pyridine rings is 1. The number of hydrogen-bond donors (Lipinski definition) is 0. The number of carbonyl (C=O) groups is 1. The molecule has 5 heteroatoms. The van der Waals surface area contributed by atoms with Gasteiger partial charge >= 0.3 is 0 Å². The highest BCUT2D eigenvalue weighted by Crippen LogP contribution is 2.35. The third-order valence-electron chi connectivity index (χ3n) is 5.36. The van der Waals surface area contributed by atoms with Crippen molar-refractivity contribution in [3.05, 3.63) is 59.9 Å². The van der Waals surface area contributed by atoms with Crippen molar-refractivity contribution in [1.29, 1.82) is 0 Å². The number of para-hydroxylation sites is 1. The number of hydrogen-bond acceptors (Lipinski definition) is 4. The van der Waals surface area contributed by atoms with Crippen molar-refractivity contribution in [3.8, 4) is 5.75 Å². The van der Waals surface area contributed by atoms with Gasteiger partial charge in [-0.1, -0.05) is 18.2 Å². The molecule has 136 valence electrons. The molecule has 2 aliphatic heterocycles. The summed E-state index contributed by atoms with van der Waals surface area (Å²) in [6.07, 6.45) is 5.72. The van der Waals surface area contributed by atoms with Gasteiger partial charge in [0.05, 0.1) is 6.54 Å². The summed E-state index contributed by atoms with van der Waals surface area (Å²) in [7, 11) is 0. The molecule has 0 N–H and O–H groups in total. The Labute approximate surface area is 154 Å². The van der Waals surface area contributed by atoms with Gasteiger partial charge in [0.1, 0.15) is 11.4 Å². The molecule has 1 amide bonds. The Bertz CT molecular complexity index is 780. The number of piperidine rings is 1. The largest absolute Gasteiger partial charge is 0.484 e. The SMILES string of the molecule is CC(=O)N1Cc2ccccc2OC2(CCCN(Cc3ccncc3)C2)C1. The second kappa shape index (κ2) is 7.08. The average molecular weight is 351 g/mol. The van der Waals surface area contributed by atoms with E-state index in [4.69, 9.17) is 4.74 Å². The lowest BCUT2D eigenvalue weighted by Gasteiger charge is -2.43. The van der Waals surface area contributed by atoms with Crippen LogP contribution < -0.4 is 4.74 Å². The monoisotopic (exact) mass is 351 g/mol. The maximum Gasteiger partial charge on any atom is 0.219 e. The summed E-state index contributed by atoms with van der Waals surface area (Å²) in [5.41, 5.74) is 2.00. The highest BCUT2D eigenvalue weighted by Gasteiger charge is 2.42. The molecular weight excluding hydrogens is 326 g/mol. The molecule has 0 saturated carbocycles. The first-order chi connectivity index (χ1) is 12.6. The fourth-order valence-corrected chi connectivity index (χ4v) is 4.12. The second-order valence-electron chi connectivity index (χ2n) is 7.44. The highest BCUT2D eigenvalue weighted by atomic mass is 16.5. The van der Waals surface area contributed by atoms with Crippen molar-refractivity contribution >= 4 is 5.91 Å². The lowest BCUT2D eigenvalue weighted by molar-refractivity contribution is -0.133. The predicted molar refractivity (Wildman–Crippen MR) is 99.6 cm³/mol. The van der Waals surface area contributed by atoms with Crippen molar-refractivity contribution in [1.82, 2.24) is 14.8 Å². The zero-order valence-corrected chi connectivity index (χ0v) is 15.2. The first-order valence-corrected chi connectivity index (χ1v) is 9.27. The van der Waals surface area contributed by atoms with Crippen molar-refractivity contribution in [2.24, 2.45) is 0 Å². The zero-order chi connectivity index (χ0) is 18.0. The smallest absolute Gasteiger partial charge is 0.219 e. The summed E-state index contributed by atoms with van der Waals surface area (Å²) in [4.78, 5) is 20.7. The lowest BCUT2D eigenvalue weighted by Crippen LogP contribution is -2.57. The molecule has 1 atom stereocenters. The van der Waals surface area contributed by atoms with E-state index >= 15 is 0 Å². The number of likely N-dealkylation sites (tertiary alicyclic amines) is 1. The van der Waals surface area contributed by atoms with Gasteiger partial charge in [0.2, 0.25) is 5.91 Å². The number of rotatable bonds is 2. The minimum absolute atomic E-state index is 0.107. The van der Waals surface area contributed by atoms with Crippen LogP contribution >= 0.6 is 0 Å². The van der Waals surface area contributed by atoms with Crippen LogP contribution in [0.15, 0.2) is 48.8 Å². The molecule has 5 nitrogen and oxygen atoms in total. The molecule has 0 bridgehead atoms. The summed E-state index contributed by atoms with van der Waals surface area (Å²) in [6.45, 7) is 5.68. The molecule has 2 aromatic rings. The number of ether oxygens (including phenoxy) is 1. The van der Waals surface area contributed by atoms with E-state index in [0.29, 0.717) is 13.1 Å². The third-order valence-corrected chi connectivity index (χ3v) is 5.36. The van der Waals surface area contributed by atoms with Gasteiger partial charge in [0.15, 0.2) is 0 Å². The quantitative estimate of drug-likeness (QED) is 0.835. The van der Waals surface area contributed by atoms with Gasteiger partial charge in [-0.2, -0.15) is 0 Å². The lowest BCUT2D eigenvalue weighted by atomic mass is 9.91. The molecular formula is C21H25N3O2. The van der Waals surface area contributed by atoms with Gasteiger partial charge in [-0.25, -0.2) is 0 Å². The van der Waals surface area contributed by atoms with Crippen LogP contribution in [-0.4, -0.2) is 45.9 Å². The van der Waals surface area contributed by atoms with E-state index in [2.05, 4.69) is 28.1 Å². The van der Waals surface area contributed by atoms with Gasteiger partial charge in [0, 0.05) is 44.5 Å². The molecule has 1 spiro atoms. The van der Waals surface area contributed by atoms with Crippen molar-refractivity contribution in [2.75, 3.05) is 19.6 Å². The summed E-state index contributed by atoms with van der Waals surface area (Å²) < 4.78 is 6.59. The molecule has 2 aliphatic rings. The highest BCUT2D eigenvalue weighted by molar-refractivity contribution is 5.73. The maximum absolute atomic E-state index is 12.2. The Balaban J connectivity index is 1.59. The van der Waals surface area contributed by atoms with Gasteiger partial charge in [-0.3, -0.25) is 14.7 Å². The first-order valence-electron chi connectivity index (χ1n) is 9.27. The molecule has 4 rings (SSSR count). The van der Waals surface area contributed by atoms with Gasteiger partial charge in [0.25, 0.3) is 0 Å². The van der Waals surface area contributed by atoms with Crippen molar-refractivity contribution in [2.45, 2.75) is 38.5 Å². The Morgan fingerprint density at radius 2 is 2.00 bits per heavy atom. The number of aromatic nitrogens is 1. The predicted octanol–water partition coefficient (Wildman–Crippen LogP) is 2.86. The molecule has 1 fully saturated rings. The Morgan fingerprint density at radius 1 is 1.19 bits per heavy atom. The maximum atomic E-state index is 12.2. The van der Waals surface area contributed by atoms with E-state index < -0.39 is 0 Å². The number of benzene rings is 1. The molecule has 1 aromatic carbocycles. The minimum Gasteiger partial charge on any atom is -0.484 e. The number of carbonyl (C=O) groups excluding carboxylic acids is 1. The van der Waals surface area contributed by atoms with Crippen LogP contribution in [0.3, 0.4) is 0 Å². The minimum atomic E-state index is -0.344. The van der Waals surface area contributed by atoms with Crippen LogP contribution in [0.5, 0.6) is 5.75 Å². The normalized spacial score (nSPS) is 23.2. The Morgan fingerprint density at radius 3 is 2.81 bits per heavy atom. The van der Waals surface area contributed by atoms with E-state index in [1.54, 1.807) is 6.92 Å². The fourth-order valence-electron chi connectivity index (χ4n) is 4.12. The number of amides is 1. The average Bonchev–Trinajstić information content (AvgIpc) is 2.79. The van der Waals surface area contributed by atoms with E-state index in [-0.39, 0.29) is 11.5 Å². The Kier molecular flexibility index (Phi) is 4.64. The standard InChI is InChI=1S/C21H25N3O2/c1-17(25)24-14-19-5-2-3-6-20(19)26-21(16-24)9-4-12-23(15-21)13-18-7-10-22-11-8-18/h2-3,5-8,10-11H,4,9,12-16H2,1H3. The van der Waals surface area contributed by atoms with Crippen LogP contribution in [-0.2, 0) is 17.9 Å². The number of fused-ring (bicyclic) bond motifs is 1. The molecule has 3 heterocycles. The third kappa shape index (κ3) is 3.58. The molecule has 1 aromatic heterocycles. The second-order valence-corrected chi connectivity index (χ2v) is 7.44. The molecule has 0 radical (unpaired) electrons. The van der Waals surface area contributed by atoms with E-state index in [1.165, 1.54) is 5.56 Å². The molecule has 1 saturated heterocycles. The van der Waals surface area contributed by atoms with Crippen LogP contribution in [0.2, 0.25) is 0 Å². The van der Waals surface area contributed by atoms with E-state index in [1.807, 2.05) is 35.5 Å². The van der Waals surface area contributed by atoms with Crippen LogP contribution in [0.1, 0.15) is 30.9 Å². The van der Waals surface area contributed by atoms with E-state index in [0.717, 1.165) is 43.8 Å². The zero-order valence-electron chi connectivity index (χ0n) is 15.2. The number of nitrogens with zero attached hydrogens (tertiary/aromatic N) is 3. The van der Waals surface area contributed by atoms with E-state index in [9.17, 15) is 4.79 Å². The van der Waals surface area contributed by atoms with Gasteiger partial charge < -0.3 is 9.64 Å². The van der Waals surface area contributed by atoms with Gasteiger partial charge in [-0.15, -0.1) is 0 Å². The Hall–Kier alpha value is -2.40. The van der Waals surface area contributed by atoms with Gasteiger partial charge in [-0.05, 0) is 43.1 Å². The molecule has 1 unspecified atom stereocenters.